The second kappa shape index (κ2) is 7.15. The number of hydrogen-bond donors (Lipinski definition) is 1. The summed E-state index contributed by atoms with van der Waals surface area (Å²) in [6.07, 6.45) is -0.695. The fourth-order valence-corrected chi connectivity index (χ4v) is 2.43. The van der Waals surface area contributed by atoms with Crippen molar-refractivity contribution in [1.82, 2.24) is 5.32 Å². The van der Waals surface area contributed by atoms with Crippen molar-refractivity contribution in [2.75, 3.05) is 6.54 Å². The quantitative estimate of drug-likeness (QED) is 0.658. The second-order valence-electron chi connectivity index (χ2n) is 5.78. The van der Waals surface area contributed by atoms with Crippen molar-refractivity contribution in [1.29, 1.82) is 0 Å². The van der Waals surface area contributed by atoms with E-state index in [1.54, 1.807) is 32.9 Å². The van der Waals surface area contributed by atoms with E-state index in [1.807, 2.05) is 6.92 Å². The van der Waals surface area contributed by atoms with Crippen LogP contribution >= 0.6 is 0 Å². The molecule has 6 nitrogen and oxygen atoms in total. The van der Waals surface area contributed by atoms with E-state index in [0.29, 0.717) is 0 Å². The van der Waals surface area contributed by atoms with Crippen LogP contribution in [0.1, 0.15) is 26.3 Å². The number of carbonyl (C=O) groups is 1. The lowest BCUT2D eigenvalue weighted by Gasteiger charge is -2.21. The van der Waals surface area contributed by atoms with E-state index in [9.17, 15) is 13.2 Å². The van der Waals surface area contributed by atoms with E-state index >= 15 is 0 Å². The number of benzene rings is 1. The van der Waals surface area contributed by atoms with Gasteiger partial charge in [-0.3, -0.25) is 4.18 Å². The van der Waals surface area contributed by atoms with Gasteiger partial charge >= 0.3 is 6.09 Å². The normalized spacial score (nSPS) is 13.5. The molecule has 1 rings (SSSR count). The van der Waals surface area contributed by atoms with Gasteiger partial charge in [0.05, 0.1) is 10.9 Å². The van der Waals surface area contributed by atoms with E-state index < -0.39 is 27.8 Å². The van der Waals surface area contributed by atoms with Gasteiger partial charge in [-0.05, 0) is 39.8 Å². The van der Waals surface area contributed by atoms with E-state index in [2.05, 4.69) is 5.32 Å². The Hall–Kier alpha value is -1.54. The highest BCUT2D eigenvalue weighted by Crippen LogP contribution is 2.14. The summed E-state index contributed by atoms with van der Waals surface area (Å²) in [5.41, 5.74) is 0.276. The number of ether oxygens (including phenoxy) is 1. The van der Waals surface area contributed by atoms with Crippen LogP contribution in [0.2, 0.25) is 0 Å². The molecule has 0 saturated carbocycles. The van der Waals surface area contributed by atoms with Crippen LogP contribution in [0.3, 0.4) is 0 Å². The fourth-order valence-electron chi connectivity index (χ4n) is 1.46. The number of hydrogen-bond acceptors (Lipinski definition) is 5. The molecule has 1 amide bonds. The summed E-state index contributed by atoms with van der Waals surface area (Å²) < 4.78 is 33.8. The second-order valence-corrected chi connectivity index (χ2v) is 7.36. The van der Waals surface area contributed by atoms with Gasteiger partial charge in [-0.15, -0.1) is 0 Å². The number of nitrogens with one attached hydrogen (secondary N) is 1. The molecule has 1 unspecified atom stereocenters. The predicted octanol–water partition coefficient (Wildman–Crippen LogP) is 1.72. The first-order valence-corrected chi connectivity index (χ1v) is 8.13. The van der Waals surface area contributed by atoms with E-state index in [-0.39, 0.29) is 11.4 Å². The van der Waals surface area contributed by atoms with Crippen molar-refractivity contribution in [3.63, 3.8) is 0 Å². The van der Waals surface area contributed by atoms with Crippen LogP contribution in [-0.4, -0.2) is 40.5 Å². The number of rotatable bonds is 5. The fraction of sp³-hybridized carbons (Fsp3) is 0.500. The first-order chi connectivity index (χ1) is 9.99. The Kier molecular flexibility index (Phi) is 6.02. The first-order valence-electron chi connectivity index (χ1n) is 6.72. The molecule has 8 heteroatoms. The maximum atomic E-state index is 12.0. The minimum Gasteiger partial charge on any atom is -0.444 e. The average molecular weight is 325 g/mol. The summed E-state index contributed by atoms with van der Waals surface area (Å²) in [5.74, 6) is 0. The van der Waals surface area contributed by atoms with Gasteiger partial charge in [0.2, 0.25) is 0 Å². The summed E-state index contributed by atoms with van der Waals surface area (Å²) in [6, 6.07) is 4.96. The zero-order valence-corrected chi connectivity index (χ0v) is 13.9. The minimum absolute atomic E-state index is 0.00539. The molecule has 2 radical (unpaired) electrons. The lowest BCUT2D eigenvalue weighted by atomic mass is 10.0. The lowest BCUT2D eigenvalue weighted by Crippen LogP contribution is -2.38. The van der Waals surface area contributed by atoms with Gasteiger partial charge in [0.25, 0.3) is 10.1 Å². The maximum absolute atomic E-state index is 12.0. The third-order valence-corrected chi connectivity index (χ3v) is 3.76. The summed E-state index contributed by atoms with van der Waals surface area (Å²) in [4.78, 5) is 11.4. The molecular weight excluding hydrogens is 305 g/mol. The van der Waals surface area contributed by atoms with Gasteiger partial charge in [0.1, 0.15) is 13.4 Å². The smallest absolute Gasteiger partial charge is 0.407 e. The van der Waals surface area contributed by atoms with Crippen LogP contribution in [0, 0.1) is 6.92 Å². The van der Waals surface area contributed by atoms with Gasteiger partial charge in [-0.2, -0.15) is 8.42 Å². The number of amides is 1. The molecule has 0 aliphatic heterocycles. The van der Waals surface area contributed by atoms with Gasteiger partial charge < -0.3 is 10.1 Å². The minimum atomic E-state index is -3.98. The van der Waals surface area contributed by atoms with Crippen LogP contribution in [0.5, 0.6) is 0 Å². The SMILES string of the molecule is [B]C(CNC(=O)OC(C)(C)C)OS(=O)(=O)c1ccc(C)cc1. The molecule has 0 spiro atoms. The van der Waals surface area contributed by atoms with Gasteiger partial charge in [-0.1, -0.05) is 17.7 Å². The molecular formula is C14H20BNO5S. The standard InChI is InChI=1S/C14H20BNO5S/c1-10-5-7-11(8-6-10)22(18,19)21-12(15)9-16-13(17)20-14(2,3)4/h5-8,12H,9H2,1-4H3,(H,16,17). The molecule has 1 atom stereocenters. The highest BCUT2D eigenvalue weighted by atomic mass is 32.2. The van der Waals surface area contributed by atoms with E-state index in [4.69, 9.17) is 16.8 Å². The van der Waals surface area contributed by atoms with Crippen molar-refractivity contribution in [2.45, 2.75) is 44.2 Å². The summed E-state index contributed by atoms with van der Waals surface area (Å²) in [5, 5.41) is 2.35. The number of carbonyl (C=O) groups excluding carboxylic acids is 1. The summed E-state index contributed by atoms with van der Waals surface area (Å²) in [7, 11) is 1.59. The molecule has 120 valence electrons. The molecule has 0 aromatic heterocycles. The molecule has 0 fully saturated rings. The zero-order valence-electron chi connectivity index (χ0n) is 13.1. The van der Waals surface area contributed by atoms with Crippen LogP contribution < -0.4 is 5.32 Å². The van der Waals surface area contributed by atoms with Crippen molar-refractivity contribution >= 4 is 24.1 Å². The molecule has 0 heterocycles. The van der Waals surface area contributed by atoms with Crippen LogP contribution in [-0.2, 0) is 19.0 Å². The Morgan fingerprint density at radius 1 is 1.27 bits per heavy atom. The molecule has 0 aliphatic rings. The molecule has 22 heavy (non-hydrogen) atoms. The maximum Gasteiger partial charge on any atom is 0.407 e. The van der Waals surface area contributed by atoms with Crippen LogP contribution in [0.4, 0.5) is 4.79 Å². The zero-order chi connectivity index (χ0) is 17.0. The predicted molar refractivity (Wildman–Crippen MR) is 83.2 cm³/mol. The lowest BCUT2D eigenvalue weighted by molar-refractivity contribution is 0.0515. The van der Waals surface area contributed by atoms with Gasteiger partial charge in [-0.25, -0.2) is 4.79 Å². The third-order valence-electron chi connectivity index (χ3n) is 2.41. The van der Waals surface area contributed by atoms with Crippen LogP contribution in [0.15, 0.2) is 29.2 Å². The van der Waals surface area contributed by atoms with Crippen molar-refractivity contribution in [3.8, 4) is 0 Å². The monoisotopic (exact) mass is 325 g/mol. The Morgan fingerprint density at radius 2 is 1.82 bits per heavy atom. The highest BCUT2D eigenvalue weighted by molar-refractivity contribution is 7.86. The Labute approximate surface area is 132 Å². The number of aryl methyl sites for hydroxylation is 1. The molecule has 1 aromatic carbocycles. The topological polar surface area (TPSA) is 81.7 Å². The molecule has 0 aliphatic carbocycles. The first kappa shape index (κ1) is 18.5. The van der Waals surface area contributed by atoms with Crippen molar-refractivity contribution < 1.29 is 22.1 Å². The number of alkyl carbamates (subject to hydrolysis) is 1. The Balaban J connectivity index is 2.55. The van der Waals surface area contributed by atoms with E-state index in [1.165, 1.54) is 12.1 Å². The highest BCUT2D eigenvalue weighted by Gasteiger charge is 2.20. The largest absolute Gasteiger partial charge is 0.444 e. The van der Waals surface area contributed by atoms with Gasteiger partial charge in [0.15, 0.2) is 0 Å². The van der Waals surface area contributed by atoms with Crippen molar-refractivity contribution in [3.05, 3.63) is 29.8 Å². The Morgan fingerprint density at radius 3 is 2.32 bits per heavy atom. The summed E-state index contributed by atoms with van der Waals surface area (Å²) in [6.45, 7) is 6.79. The molecule has 0 saturated heterocycles. The molecule has 0 bridgehead atoms. The average Bonchev–Trinajstić information content (AvgIpc) is 2.34. The summed E-state index contributed by atoms with van der Waals surface area (Å²) >= 11 is 0. The molecule has 1 aromatic rings. The Bertz CT molecular complexity index is 607. The van der Waals surface area contributed by atoms with Crippen molar-refractivity contribution in [2.24, 2.45) is 0 Å². The van der Waals surface area contributed by atoms with Crippen LogP contribution in [0.25, 0.3) is 0 Å². The van der Waals surface area contributed by atoms with E-state index in [0.717, 1.165) is 5.56 Å². The third kappa shape index (κ3) is 6.49. The van der Waals surface area contributed by atoms with Gasteiger partial charge in [0, 0.05) is 6.54 Å². The molecule has 1 N–H and O–H groups in total.